The second-order valence-corrected chi connectivity index (χ2v) is 4.52. The zero-order valence-corrected chi connectivity index (χ0v) is 9.56. The van der Waals surface area contributed by atoms with Crippen molar-refractivity contribution in [2.45, 2.75) is 57.3 Å². The average molecular weight is 239 g/mol. The average Bonchev–Trinajstić information content (AvgIpc) is 2.24. The number of hydrogen-bond acceptors (Lipinski definition) is 2. The van der Waals surface area contributed by atoms with E-state index in [0.29, 0.717) is 5.92 Å². The van der Waals surface area contributed by atoms with E-state index in [2.05, 4.69) is 12.2 Å². The Morgan fingerprint density at radius 2 is 1.94 bits per heavy atom. The van der Waals surface area contributed by atoms with Gasteiger partial charge in [0, 0.05) is 12.6 Å². The topological polar surface area (TPSA) is 32.3 Å². The van der Waals surface area contributed by atoms with Gasteiger partial charge in [-0.15, -0.1) is 0 Å². The van der Waals surface area contributed by atoms with Gasteiger partial charge in [-0.3, -0.25) is 0 Å². The molecular weight excluding hydrogens is 219 g/mol. The van der Waals surface area contributed by atoms with Gasteiger partial charge in [-0.2, -0.15) is 13.2 Å². The highest BCUT2D eigenvalue weighted by Gasteiger charge is 2.38. The van der Waals surface area contributed by atoms with Crippen LogP contribution in [-0.2, 0) is 0 Å². The minimum atomic E-state index is -4.51. The van der Waals surface area contributed by atoms with Gasteiger partial charge in [0.2, 0.25) is 0 Å². The molecule has 0 radical (unpaired) electrons. The highest BCUT2D eigenvalue weighted by Crippen LogP contribution is 2.27. The first kappa shape index (κ1) is 13.8. The largest absolute Gasteiger partial charge is 0.415 e. The molecular formula is C11H20F3NO. The molecule has 5 heteroatoms. The Kier molecular flexibility index (Phi) is 5.05. The molecule has 1 aliphatic carbocycles. The quantitative estimate of drug-likeness (QED) is 0.790. The van der Waals surface area contributed by atoms with Crippen LogP contribution < -0.4 is 5.32 Å². The lowest BCUT2D eigenvalue weighted by Gasteiger charge is -2.32. The summed E-state index contributed by atoms with van der Waals surface area (Å²) in [6.07, 6.45) is -1.54. The number of alkyl halides is 3. The first-order valence-electron chi connectivity index (χ1n) is 5.93. The maximum absolute atomic E-state index is 12.1. The molecule has 0 spiro atoms. The van der Waals surface area contributed by atoms with Gasteiger partial charge in [0.15, 0.2) is 6.10 Å². The van der Waals surface area contributed by atoms with Crippen LogP contribution in [0.25, 0.3) is 0 Å². The van der Waals surface area contributed by atoms with Gasteiger partial charge in [0.1, 0.15) is 0 Å². The molecule has 96 valence electrons. The van der Waals surface area contributed by atoms with Crippen LogP contribution in [0.15, 0.2) is 0 Å². The molecule has 3 atom stereocenters. The van der Waals surface area contributed by atoms with Crippen LogP contribution in [0.2, 0.25) is 0 Å². The molecule has 2 nitrogen and oxygen atoms in total. The lowest BCUT2D eigenvalue weighted by molar-refractivity contribution is -0.202. The first-order valence-corrected chi connectivity index (χ1v) is 5.93. The monoisotopic (exact) mass is 239 g/mol. The fraction of sp³-hybridized carbons (Fsp3) is 1.00. The fourth-order valence-corrected chi connectivity index (χ4v) is 2.34. The summed E-state index contributed by atoms with van der Waals surface area (Å²) in [5.74, 6) is 0.453. The van der Waals surface area contributed by atoms with Gasteiger partial charge in [-0.05, 0) is 18.8 Å². The molecule has 0 amide bonds. The van der Waals surface area contributed by atoms with Crippen molar-refractivity contribution in [2.24, 2.45) is 5.92 Å². The number of aliphatic hydroxyl groups is 1. The highest BCUT2D eigenvalue weighted by atomic mass is 19.4. The van der Waals surface area contributed by atoms with Crippen molar-refractivity contribution in [2.75, 3.05) is 6.54 Å². The Morgan fingerprint density at radius 1 is 1.31 bits per heavy atom. The molecule has 0 bridgehead atoms. The van der Waals surface area contributed by atoms with Crippen molar-refractivity contribution in [3.63, 3.8) is 0 Å². The molecule has 2 N–H and O–H groups in total. The third-order valence-corrected chi connectivity index (χ3v) is 3.38. The Labute approximate surface area is 94.2 Å². The second-order valence-electron chi connectivity index (χ2n) is 4.52. The summed E-state index contributed by atoms with van der Waals surface area (Å²) in [5, 5.41) is 11.7. The van der Waals surface area contributed by atoms with Crippen LogP contribution in [0.4, 0.5) is 13.2 Å². The summed E-state index contributed by atoms with van der Waals surface area (Å²) >= 11 is 0. The molecule has 0 aromatic heterocycles. The number of nitrogens with one attached hydrogen (secondary N) is 1. The molecule has 1 saturated carbocycles. The first-order chi connectivity index (χ1) is 7.45. The normalized spacial score (nSPS) is 29.1. The van der Waals surface area contributed by atoms with Crippen molar-refractivity contribution in [1.29, 1.82) is 0 Å². The summed E-state index contributed by atoms with van der Waals surface area (Å²) < 4.78 is 36.3. The number of aliphatic hydroxyl groups excluding tert-OH is 1. The molecule has 0 heterocycles. The van der Waals surface area contributed by atoms with E-state index in [0.717, 1.165) is 25.7 Å². The van der Waals surface area contributed by atoms with Gasteiger partial charge in [0.05, 0.1) is 0 Å². The maximum Gasteiger partial charge on any atom is 0.415 e. The summed E-state index contributed by atoms with van der Waals surface area (Å²) in [6.45, 7) is 1.68. The molecule has 1 fully saturated rings. The Bertz CT molecular complexity index is 208. The van der Waals surface area contributed by atoms with Crippen molar-refractivity contribution < 1.29 is 18.3 Å². The van der Waals surface area contributed by atoms with Crippen molar-refractivity contribution >= 4 is 0 Å². The van der Waals surface area contributed by atoms with Gasteiger partial charge < -0.3 is 10.4 Å². The summed E-state index contributed by atoms with van der Waals surface area (Å²) in [7, 11) is 0. The predicted octanol–water partition coefficient (Wildman–Crippen LogP) is 2.47. The smallest absolute Gasteiger partial charge is 0.382 e. The highest BCUT2D eigenvalue weighted by molar-refractivity contribution is 4.82. The molecule has 16 heavy (non-hydrogen) atoms. The molecule has 0 aromatic rings. The third kappa shape index (κ3) is 3.94. The zero-order chi connectivity index (χ0) is 12.2. The van der Waals surface area contributed by atoms with Crippen LogP contribution in [0.5, 0.6) is 0 Å². The van der Waals surface area contributed by atoms with E-state index >= 15 is 0 Å². The van der Waals surface area contributed by atoms with Crippen LogP contribution in [0.1, 0.15) is 39.0 Å². The fourth-order valence-electron chi connectivity index (χ4n) is 2.34. The van der Waals surface area contributed by atoms with Gasteiger partial charge in [-0.1, -0.05) is 26.2 Å². The lowest BCUT2D eigenvalue weighted by Crippen LogP contribution is -2.46. The van der Waals surface area contributed by atoms with Gasteiger partial charge in [0.25, 0.3) is 0 Å². The lowest BCUT2D eigenvalue weighted by atomic mass is 9.83. The van der Waals surface area contributed by atoms with Crippen LogP contribution in [0.3, 0.4) is 0 Å². The van der Waals surface area contributed by atoms with E-state index in [1.807, 2.05) is 0 Å². The standard InChI is InChI=1S/C11H20F3NO/c1-2-8-5-3-4-6-9(8)15-7-10(16)11(12,13)14/h8-10,15-16H,2-7H2,1H3. The minimum absolute atomic E-state index is 0.135. The van der Waals surface area contributed by atoms with E-state index in [9.17, 15) is 13.2 Å². The summed E-state index contributed by atoms with van der Waals surface area (Å²) in [6, 6.07) is 0.135. The van der Waals surface area contributed by atoms with Crippen LogP contribution >= 0.6 is 0 Å². The molecule has 3 unspecified atom stereocenters. The second kappa shape index (κ2) is 5.87. The van der Waals surface area contributed by atoms with E-state index < -0.39 is 12.3 Å². The van der Waals surface area contributed by atoms with Gasteiger partial charge >= 0.3 is 6.18 Å². The molecule has 0 aliphatic heterocycles. The van der Waals surface area contributed by atoms with Gasteiger partial charge in [-0.25, -0.2) is 0 Å². The number of halogens is 3. The van der Waals surface area contributed by atoms with Crippen molar-refractivity contribution in [3.05, 3.63) is 0 Å². The zero-order valence-electron chi connectivity index (χ0n) is 9.56. The summed E-state index contributed by atoms with van der Waals surface area (Å²) in [5.41, 5.74) is 0. The molecule has 0 saturated heterocycles. The SMILES string of the molecule is CCC1CCCCC1NCC(O)C(F)(F)F. The Hall–Kier alpha value is -0.290. The Balaban J connectivity index is 2.35. The summed E-state index contributed by atoms with van der Waals surface area (Å²) in [4.78, 5) is 0. The van der Waals surface area contributed by atoms with E-state index in [1.54, 1.807) is 0 Å². The molecule has 0 aromatic carbocycles. The molecule has 1 aliphatic rings. The van der Waals surface area contributed by atoms with Crippen LogP contribution in [0, 0.1) is 5.92 Å². The Morgan fingerprint density at radius 3 is 2.50 bits per heavy atom. The number of hydrogen-bond donors (Lipinski definition) is 2. The number of rotatable bonds is 4. The van der Waals surface area contributed by atoms with Crippen molar-refractivity contribution in [1.82, 2.24) is 5.32 Å². The minimum Gasteiger partial charge on any atom is -0.382 e. The predicted molar refractivity (Wildman–Crippen MR) is 56.1 cm³/mol. The van der Waals surface area contributed by atoms with Crippen molar-refractivity contribution in [3.8, 4) is 0 Å². The third-order valence-electron chi connectivity index (χ3n) is 3.38. The van der Waals surface area contributed by atoms with E-state index in [4.69, 9.17) is 5.11 Å². The van der Waals surface area contributed by atoms with E-state index in [-0.39, 0.29) is 12.6 Å². The van der Waals surface area contributed by atoms with E-state index in [1.165, 1.54) is 6.42 Å². The molecule has 1 rings (SSSR count). The maximum atomic E-state index is 12.1. The van der Waals surface area contributed by atoms with Crippen LogP contribution in [-0.4, -0.2) is 30.0 Å².